The van der Waals surface area contributed by atoms with E-state index in [0.29, 0.717) is 37.1 Å². The number of nitrogens with zero attached hydrogens (tertiary/aromatic N) is 2. The van der Waals surface area contributed by atoms with Gasteiger partial charge in [0.25, 0.3) is 0 Å². The molecule has 0 unspecified atom stereocenters. The molecule has 1 aromatic carbocycles. The first-order valence-corrected chi connectivity index (χ1v) is 8.58. The van der Waals surface area contributed by atoms with E-state index in [4.69, 9.17) is 15.2 Å². The summed E-state index contributed by atoms with van der Waals surface area (Å²) in [6.45, 7) is 2.44. The summed E-state index contributed by atoms with van der Waals surface area (Å²) < 4.78 is 10.5. The fourth-order valence-electron chi connectivity index (χ4n) is 3.60. The molecule has 25 heavy (non-hydrogen) atoms. The van der Waals surface area contributed by atoms with Crippen molar-refractivity contribution in [3.63, 3.8) is 0 Å². The molecule has 2 aliphatic heterocycles. The molecule has 2 saturated heterocycles. The van der Waals surface area contributed by atoms with Crippen LogP contribution < -0.4 is 20.1 Å². The van der Waals surface area contributed by atoms with Crippen molar-refractivity contribution in [3.05, 3.63) is 18.2 Å². The number of benzene rings is 1. The van der Waals surface area contributed by atoms with Crippen LogP contribution in [-0.2, 0) is 9.59 Å². The lowest BCUT2D eigenvalue weighted by atomic mass is 10.1. The molecule has 2 N–H and O–H groups in total. The lowest BCUT2D eigenvalue weighted by molar-refractivity contribution is -0.134. The van der Waals surface area contributed by atoms with Gasteiger partial charge >= 0.3 is 0 Å². The zero-order valence-electron chi connectivity index (χ0n) is 14.7. The number of methoxy groups -OCH3 is 2. The van der Waals surface area contributed by atoms with Gasteiger partial charge in [-0.2, -0.15) is 0 Å². The third-order valence-corrected chi connectivity index (χ3v) is 5.08. The predicted octanol–water partition coefficient (Wildman–Crippen LogP) is 0.864. The summed E-state index contributed by atoms with van der Waals surface area (Å²) in [7, 11) is 3.12. The Morgan fingerprint density at radius 2 is 2.00 bits per heavy atom. The van der Waals surface area contributed by atoms with Crippen LogP contribution >= 0.6 is 0 Å². The van der Waals surface area contributed by atoms with Gasteiger partial charge in [-0.15, -0.1) is 0 Å². The second-order valence-electron chi connectivity index (χ2n) is 6.62. The lowest BCUT2D eigenvalue weighted by Crippen LogP contribution is -2.36. The fraction of sp³-hybridized carbons (Fsp3) is 0.556. The van der Waals surface area contributed by atoms with Crippen molar-refractivity contribution in [2.24, 2.45) is 17.6 Å². The maximum Gasteiger partial charge on any atom is 0.228 e. The summed E-state index contributed by atoms with van der Waals surface area (Å²) in [5, 5.41) is 0. The standard InChI is InChI=1S/C18H25N3O4/c1-24-15-4-3-14(8-16(15)25-2)21-11-13(7-17(21)22)18(23)20-6-5-12(9-19)10-20/h3-4,8,12-13H,5-7,9-11,19H2,1-2H3/t12-,13-/m0/s1. The molecule has 0 bridgehead atoms. The van der Waals surface area contributed by atoms with E-state index in [0.717, 1.165) is 18.7 Å². The summed E-state index contributed by atoms with van der Waals surface area (Å²) in [5.74, 6) is 1.27. The van der Waals surface area contributed by atoms with Crippen molar-refractivity contribution in [1.82, 2.24) is 4.90 Å². The van der Waals surface area contributed by atoms with Crippen LogP contribution in [0.1, 0.15) is 12.8 Å². The molecule has 0 aliphatic carbocycles. The van der Waals surface area contributed by atoms with Crippen molar-refractivity contribution in [2.75, 3.05) is 45.3 Å². The molecule has 2 atom stereocenters. The van der Waals surface area contributed by atoms with Crippen molar-refractivity contribution < 1.29 is 19.1 Å². The molecule has 0 aromatic heterocycles. The first-order chi connectivity index (χ1) is 12.1. The molecular weight excluding hydrogens is 322 g/mol. The number of carbonyl (C=O) groups excluding carboxylic acids is 2. The molecule has 1 aromatic rings. The second-order valence-corrected chi connectivity index (χ2v) is 6.62. The van der Waals surface area contributed by atoms with Crippen LogP contribution in [0.3, 0.4) is 0 Å². The number of likely N-dealkylation sites (tertiary alicyclic amines) is 1. The van der Waals surface area contributed by atoms with Gasteiger partial charge in [-0.3, -0.25) is 9.59 Å². The van der Waals surface area contributed by atoms with Crippen LogP contribution in [0.15, 0.2) is 18.2 Å². The number of anilines is 1. The number of amides is 2. The van der Waals surface area contributed by atoms with Gasteiger partial charge in [0.05, 0.1) is 20.1 Å². The van der Waals surface area contributed by atoms with Crippen LogP contribution in [0.4, 0.5) is 5.69 Å². The molecule has 7 nitrogen and oxygen atoms in total. The van der Waals surface area contributed by atoms with E-state index in [1.165, 1.54) is 0 Å². The third kappa shape index (κ3) is 3.42. The number of rotatable bonds is 5. The van der Waals surface area contributed by atoms with E-state index in [2.05, 4.69) is 0 Å². The van der Waals surface area contributed by atoms with Crippen molar-refractivity contribution in [2.45, 2.75) is 12.8 Å². The zero-order valence-corrected chi connectivity index (χ0v) is 14.7. The average molecular weight is 347 g/mol. The quantitative estimate of drug-likeness (QED) is 0.854. The van der Waals surface area contributed by atoms with E-state index < -0.39 is 0 Å². The highest BCUT2D eigenvalue weighted by molar-refractivity contribution is 6.00. The topological polar surface area (TPSA) is 85.1 Å². The molecule has 2 heterocycles. The highest BCUT2D eigenvalue weighted by Crippen LogP contribution is 2.34. The molecule has 0 saturated carbocycles. The first-order valence-electron chi connectivity index (χ1n) is 8.58. The van der Waals surface area contributed by atoms with Crippen molar-refractivity contribution in [3.8, 4) is 11.5 Å². The van der Waals surface area contributed by atoms with Gasteiger partial charge < -0.3 is 25.0 Å². The second kappa shape index (κ2) is 7.31. The van der Waals surface area contributed by atoms with Gasteiger partial charge in [0.1, 0.15) is 0 Å². The zero-order chi connectivity index (χ0) is 18.0. The van der Waals surface area contributed by atoms with Gasteiger partial charge in [-0.1, -0.05) is 0 Å². The number of ether oxygens (including phenoxy) is 2. The van der Waals surface area contributed by atoms with Crippen molar-refractivity contribution >= 4 is 17.5 Å². The normalized spacial score (nSPS) is 23.2. The van der Waals surface area contributed by atoms with Crippen LogP contribution in [0.5, 0.6) is 11.5 Å². The molecule has 2 fully saturated rings. The molecular formula is C18H25N3O4. The third-order valence-electron chi connectivity index (χ3n) is 5.08. The Balaban J connectivity index is 1.71. The monoisotopic (exact) mass is 347 g/mol. The van der Waals surface area contributed by atoms with Gasteiger partial charge in [0.2, 0.25) is 11.8 Å². The van der Waals surface area contributed by atoms with Crippen LogP contribution in [0, 0.1) is 11.8 Å². The molecule has 2 aliphatic rings. The molecule has 136 valence electrons. The average Bonchev–Trinajstić information content (AvgIpc) is 3.27. The number of hydrogen-bond donors (Lipinski definition) is 1. The minimum Gasteiger partial charge on any atom is -0.493 e. The summed E-state index contributed by atoms with van der Waals surface area (Å²) in [6.07, 6.45) is 1.19. The molecule has 0 radical (unpaired) electrons. The Hall–Kier alpha value is -2.28. The van der Waals surface area contributed by atoms with E-state index in [1.807, 2.05) is 11.0 Å². The Bertz CT molecular complexity index is 664. The summed E-state index contributed by atoms with van der Waals surface area (Å²) in [6, 6.07) is 5.35. The molecule has 7 heteroatoms. The maximum absolute atomic E-state index is 12.7. The highest BCUT2D eigenvalue weighted by atomic mass is 16.5. The van der Waals surface area contributed by atoms with Crippen LogP contribution in [0.2, 0.25) is 0 Å². The van der Waals surface area contributed by atoms with Crippen molar-refractivity contribution in [1.29, 1.82) is 0 Å². The highest BCUT2D eigenvalue weighted by Gasteiger charge is 2.39. The lowest BCUT2D eigenvalue weighted by Gasteiger charge is -2.21. The van der Waals surface area contributed by atoms with E-state index >= 15 is 0 Å². The summed E-state index contributed by atoms with van der Waals surface area (Å²) in [5.41, 5.74) is 6.42. The van der Waals surface area contributed by atoms with Gasteiger partial charge in [-0.25, -0.2) is 0 Å². The fourth-order valence-corrected chi connectivity index (χ4v) is 3.60. The number of hydrogen-bond acceptors (Lipinski definition) is 5. The Morgan fingerprint density at radius 1 is 1.24 bits per heavy atom. The predicted molar refractivity (Wildman–Crippen MR) is 93.7 cm³/mol. The van der Waals surface area contributed by atoms with Gasteiger partial charge in [-0.05, 0) is 31.0 Å². The van der Waals surface area contributed by atoms with Gasteiger partial charge in [0.15, 0.2) is 11.5 Å². The summed E-state index contributed by atoms with van der Waals surface area (Å²) >= 11 is 0. The van der Waals surface area contributed by atoms with Crippen LogP contribution in [-0.4, -0.2) is 57.1 Å². The first kappa shape index (κ1) is 17.5. The van der Waals surface area contributed by atoms with Gasteiger partial charge in [0, 0.05) is 37.8 Å². The van der Waals surface area contributed by atoms with Crippen LogP contribution in [0.25, 0.3) is 0 Å². The van der Waals surface area contributed by atoms with E-state index in [9.17, 15) is 9.59 Å². The molecule has 2 amide bonds. The smallest absolute Gasteiger partial charge is 0.228 e. The number of carbonyl (C=O) groups is 2. The SMILES string of the molecule is COc1ccc(N2C[C@@H](C(=O)N3CC[C@@H](CN)C3)CC2=O)cc1OC. The molecule has 3 rings (SSSR count). The minimum absolute atomic E-state index is 0.0415. The Labute approximate surface area is 147 Å². The van der Waals surface area contributed by atoms with E-state index in [1.54, 1.807) is 31.3 Å². The minimum atomic E-state index is -0.294. The Kier molecular flexibility index (Phi) is 5.13. The number of nitrogens with two attached hydrogens (primary N) is 1. The maximum atomic E-state index is 12.7. The summed E-state index contributed by atoms with van der Waals surface area (Å²) in [4.78, 5) is 28.7. The molecule has 0 spiro atoms. The van der Waals surface area contributed by atoms with E-state index in [-0.39, 0.29) is 24.2 Å². The Morgan fingerprint density at radius 3 is 2.64 bits per heavy atom. The largest absolute Gasteiger partial charge is 0.493 e.